The van der Waals surface area contributed by atoms with Crippen molar-refractivity contribution in [2.45, 2.75) is 19.0 Å². The normalized spacial score (nSPS) is 20.9. The van der Waals surface area contributed by atoms with Crippen LogP contribution in [0.3, 0.4) is 0 Å². The summed E-state index contributed by atoms with van der Waals surface area (Å²) in [5.41, 5.74) is 1.24. The number of nitrogens with two attached hydrogens (primary N) is 1. The van der Waals surface area contributed by atoms with Crippen molar-refractivity contribution >= 4 is 5.97 Å². The molecule has 74 valence electrons. The van der Waals surface area contributed by atoms with Gasteiger partial charge in [0.2, 0.25) is 0 Å². The Morgan fingerprint density at radius 3 is 2.79 bits per heavy atom. The molecule has 0 aromatic heterocycles. The Hall–Kier alpha value is -1.35. The fourth-order valence-corrected chi connectivity index (χ4v) is 1.62. The first kappa shape index (κ1) is 9.21. The van der Waals surface area contributed by atoms with Crippen molar-refractivity contribution in [1.82, 2.24) is 0 Å². The van der Waals surface area contributed by atoms with Gasteiger partial charge in [-0.15, -0.1) is 0 Å². The van der Waals surface area contributed by atoms with Crippen LogP contribution in [0.25, 0.3) is 0 Å². The zero-order chi connectivity index (χ0) is 9.80. The molecular weight excluding hydrogens is 178 g/mol. The van der Waals surface area contributed by atoms with E-state index in [1.165, 1.54) is 5.56 Å². The van der Waals surface area contributed by atoms with Gasteiger partial charge in [-0.1, -0.05) is 30.3 Å². The van der Waals surface area contributed by atoms with Gasteiger partial charge in [0.05, 0.1) is 6.61 Å². The lowest BCUT2D eigenvalue weighted by Crippen LogP contribution is -2.89. The molecule has 0 bridgehead atoms. The zero-order valence-corrected chi connectivity index (χ0v) is 7.98. The third kappa shape index (κ3) is 2.12. The van der Waals surface area contributed by atoms with Gasteiger partial charge in [0, 0.05) is 12.0 Å². The quantitative estimate of drug-likeness (QED) is 0.688. The molecule has 1 aromatic carbocycles. The second-order valence-corrected chi connectivity index (χ2v) is 3.49. The maximum absolute atomic E-state index is 11.1. The topological polar surface area (TPSA) is 42.9 Å². The summed E-state index contributed by atoms with van der Waals surface area (Å²) in [6.07, 6.45) is 0.839. The molecule has 1 heterocycles. The van der Waals surface area contributed by atoms with E-state index in [0.29, 0.717) is 6.61 Å². The zero-order valence-electron chi connectivity index (χ0n) is 7.98. The number of ether oxygens (including phenoxy) is 1. The van der Waals surface area contributed by atoms with Crippen LogP contribution >= 0.6 is 0 Å². The smallest absolute Gasteiger partial charge is 0.364 e. The molecule has 0 saturated carbocycles. The second-order valence-electron chi connectivity index (χ2n) is 3.49. The number of carbonyl (C=O) groups excluding carboxylic acids is 1. The van der Waals surface area contributed by atoms with Gasteiger partial charge in [-0.25, -0.2) is 4.79 Å². The molecule has 3 heteroatoms. The molecule has 2 N–H and O–H groups in total. The monoisotopic (exact) mass is 192 g/mol. The summed E-state index contributed by atoms with van der Waals surface area (Å²) in [5.74, 6) is -0.0686. The summed E-state index contributed by atoms with van der Waals surface area (Å²) in [6, 6.07) is 10.2. The van der Waals surface area contributed by atoms with E-state index in [1.54, 1.807) is 0 Å². The molecule has 1 unspecified atom stereocenters. The van der Waals surface area contributed by atoms with Gasteiger partial charge in [0.15, 0.2) is 6.04 Å². The molecule has 14 heavy (non-hydrogen) atoms. The van der Waals surface area contributed by atoms with Gasteiger partial charge >= 0.3 is 5.97 Å². The summed E-state index contributed by atoms with van der Waals surface area (Å²) in [4.78, 5) is 11.1. The molecule has 0 aliphatic carbocycles. The summed E-state index contributed by atoms with van der Waals surface area (Å²) in [5, 5.41) is 2.05. The molecule has 0 amide bonds. The van der Waals surface area contributed by atoms with Gasteiger partial charge in [0.1, 0.15) is 6.54 Å². The lowest BCUT2D eigenvalue weighted by atomic mass is 10.2. The van der Waals surface area contributed by atoms with E-state index in [-0.39, 0.29) is 12.0 Å². The SMILES string of the molecule is O=C1OCCC1[NH2+]Cc1ccccc1. The van der Waals surface area contributed by atoms with Crippen LogP contribution in [-0.4, -0.2) is 18.6 Å². The minimum Gasteiger partial charge on any atom is -0.461 e. The highest BCUT2D eigenvalue weighted by molar-refractivity contribution is 5.75. The largest absolute Gasteiger partial charge is 0.461 e. The van der Waals surface area contributed by atoms with E-state index < -0.39 is 0 Å². The number of hydrogen-bond donors (Lipinski definition) is 1. The predicted octanol–water partition coefficient (Wildman–Crippen LogP) is 0.0655. The average molecular weight is 192 g/mol. The number of hydrogen-bond acceptors (Lipinski definition) is 2. The lowest BCUT2D eigenvalue weighted by Gasteiger charge is -2.04. The van der Waals surface area contributed by atoms with Crippen LogP contribution in [0.1, 0.15) is 12.0 Å². The minimum atomic E-state index is -0.0686. The predicted molar refractivity (Wildman–Crippen MR) is 51.4 cm³/mol. The number of benzene rings is 1. The second kappa shape index (κ2) is 4.24. The van der Waals surface area contributed by atoms with Gasteiger partial charge in [0.25, 0.3) is 0 Å². The fourth-order valence-electron chi connectivity index (χ4n) is 1.62. The Kier molecular flexibility index (Phi) is 2.79. The van der Waals surface area contributed by atoms with E-state index in [1.807, 2.05) is 23.5 Å². The maximum atomic E-state index is 11.1. The number of rotatable bonds is 3. The molecule has 2 rings (SSSR count). The van der Waals surface area contributed by atoms with E-state index in [9.17, 15) is 4.79 Å². The summed E-state index contributed by atoms with van der Waals surface area (Å²) in [7, 11) is 0. The highest BCUT2D eigenvalue weighted by Gasteiger charge is 2.29. The van der Waals surface area contributed by atoms with Crippen molar-refractivity contribution in [3.63, 3.8) is 0 Å². The summed E-state index contributed by atoms with van der Waals surface area (Å²) >= 11 is 0. The molecule has 0 spiro atoms. The third-order valence-electron chi connectivity index (χ3n) is 2.46. The molecule has 3 nitrogen and oxygen atoms in total. The standard InChI is InChI=1S/C11H13NO2/c13-11-10(6-7-14-11)12-8-9-4-2-1-3-5-9/h1-5,10,12H,6-8H2/p+1. The van der Waals surface area contributed by atoms with Crippen LogP contribution < -0.4 is 5.32 Å². The number of cyclic esters (lactones) is 1. The average Bonchev–Trinajstić information content (AvgIpc) is 2.63. The summed E-state index contributed by atoms with van der Waals surface area (Å²) < 4.78 is 4.88. The lowest BCUT2D eigenvalue weighted by molar-refractivity contribution is -0.691. The van der Waals surface area contributed by atoms with Crippen LogP contribution in [0.4, 0.5) is 0 Å². The van der Waals surface area contributed by atoms with Crippen molar-refractivity contribution in [3.8, 4) is 0 Å². The first-order valence-electron chi connectivity index (χ1n) is 4.90. The third-order valence-corrected chi connectivity index (χ3v) is 2.46. The Morgan fingerprint density at radius 1 is 1.36 bits per heavy atom. The molecular formula is C11H14NO2+. The van der Waals surface area contributed by atoms with Crippen LogP contribution in [0.15, 0.2) is 30.3 Å². The molecule has 0 radical (unpaired) electrons. The number of quaternary nitrogens is 1. The van der Waals surface area contributed by atoms with Crippen molar-refractivity contribution < 1.29 is 14.8 Å². The van der Waals surface area contributed by atoms with E-state index in [0.717, 1.165) is 13.0 Å². The van der Waals surface area contributed by atoms with Crippen molar-refractivity contribution in [3.05, 3.63) is 35.9 Å². The van der Waals surface area contributed by atoms with E-state index >= 15 is 0 Å². The van der Waals surface area contributed by atoms with Crippen LogP contribution in [0, 0.1) is 0 Å². The molecule has 1 saturated heterocycles. The van der Waals surface area contributed by atoms with E-state index in [4.69, 9.17) is 4.74 Å². The van der Waals surface area contributed by atoms with Crippen molar-refractivity contribution in [2.24, 2.45) is 0 Å². The first-order valence-corrected chi connectivity index (χ1v) is 4.90. The van der Waals surface area contributed by atoms with Gasteiger partial charge < -0.3 is 10.1 Å². The number of esters is 1. The van der Waals surface area contributed by atoms with Gasteiger partial charge in [-0.05, 0) is 0 Å². The summed E-state index contributed by atoms with van der Waals surface area (Å²) in [6.45, 7) is 1.43. The molecule has 1 fully saturated rings. The number of carbonyl (C=O) groups is 1. The van der Waals surface area contributed by atoms with Crippen molar-refractivity contribution in [2.75, 3.05) is 6.61 Å². The van der Waals surface area contributed by atoms with Crippen molar-refractivity contribution in [1.29, 1.82) is 0 Å². The van der Waals surface area contributed by atoms with Gasteiger partial charge in [-0.3, -0.25) is 0 Å². The highest BCUT2D eigenvalue weighted by Crippen LogP contribution is 2.02. The first-order chi connectivity index (χ1) is 6.86. The Morgan fingerprint density at radius 2 is 2.14 bits per heavy atom. The van der Waals surface area contributed by atoms with Crippen LogP contribution in [0.5, 0.6) is 0 Å². The van der Waals surface area contributed by atoms with Crippen LogP contribution in [-0.2, 0) is 16.1 Å². The highest BCUT2D eigenvalue weighted by atomic mass is 16.5. The van der Waals surface area contributed by atoms with Crippen LogP contribution in [0.2, 0.25) is 0 Å². The maximum Gasteiger partial charge on any atom is 0.364 e. The molecule has 1 atom stereocenters. The Labute approximate surface area is 83.1 Å². The van der Waals surface area contributed by atoms with Gasteiger partial charge in [-0.2, -0.15) is 0 Å². The minimum absolute atomic E-state index is 0.00945. The Balaban J connectivity index is 1.85. The molecule has 1 aromatic rings. The molecule has 1 aliphatic rings. The molecule has 1 aliphatic heterocycles. The fraction of sp³-hybridized carbons (Fsp3) is 0.364. The van der Waals surface area contributed by atoms with E-state index in [2.05, 4.69) is 12.1 Å². The Bertz CT molecular complexity index is 310.